The molecule has 8 heteroatoms. The zero-order chi connectivity index (χ0) is 23.4. The fourth-order valence-electron chi connectivity index (χ4n) is 3.40. The van der Waals surface area contributed by atoms with Crippen molar-refractivity contribution in [3.8, 4) is 5.75 Å². The van der Waals surface area contributed by atoms with Crippen molar-refractivity contribution in [2.24, 2.45) is 0 Å². The predicted molar refractivity (Wildman–Crippen MR) is 132 cm³/mol. The van der Waals surface area contributed by atoms with Crippen molar-refractivity contribution >= 4 is 49.7 Å². The van der Waals surface area contributed by atoms with Gasteiger partial charge in [0.15, 0.2) is 0 Å². The van der Waals surface area contributed by atoms with E-state index in [4.69, 9.17) is 16.3 Å². The Kier molecular flexibility index (Phi) is 6.53. The van der Waals surface area contributed by atoms with Crippen LogP contribution in [0.25, 0.3) is 10.8 Å². The molecule has 0 saturated carbocycles. The number of sulfonamides is 1. The lowest BCUT2D eigenvalue weighted by atomic mass is 10.1. The van der Waals surface area contributed by atoms with Gasteiger partial charge in [-0.2, -0.15) is 0 Å². The van der Waals surface area contributed by atoms with Crippen molar-refractivity contribution in [3.05, 3.63) is 95.5 Å². The standard InChI is InChI=1S/C25H21ClN2O4S/c1-2-32-24-14-13-20(16-23(24)27-25(29)18-9-5-10-19(26)15-18)33(30,31)28-22-12-6-8-17-7-3-4-11-21(17)22/h3-16,28H,2H2,1H3,(H,27,29). The second-order valence-electron chi connectivity index (χ2n) is 7.19. The highest BCUT2D eigenvalue weighted by molar-refractivity contribution is 7.92. The number of anilines is 2. The zero-order valence-electron chi connectivity index (χ0n) is 17.7. The number of amides is 1. The molecule has 4 aromatic carbocycles. The maximum absolute atomic E-state index is 13.2. The van der Waals surface area contributed by atoms with Crippen LogP contribution in [-0.4, -0.2) is 20.9 Å². The Morgan fingerprint density at radius 3 is 2.45 bits per heavy atom. The molecule has 0 heterocycles. The van der Waals surface area contributed by atoms with Crippen molar-refractivity contribution in [1.29, 1.82) is 0 Å². The van der Waals surface area contributed by atoms with E-state index in [0.29, 0.717) is 28.6 Å². The second-order valence-corrected chi connectivity index (χ2v) is 9.31. The van der Waals surface area contributed by atoms with Gasteiger partial charge in [-0.05, 0) is 54.8 Å². The predicted octanol–water partition coefficient (Wildman–Crippen LogP) is 5.95. The van der Waals surface area contributed by atoms with Gasteiger partial charge in [0, 0.05) is 16.0 Å². The number of fused-ring (bicyclic) bond motifs is 1. The van der Waals surface area contributed by atoms with Crippen LogP contribution in [0.1, 0.15) is 17.3 Å². The monoisotopic (exact) mass is 480 g/mol. The molecule has 0 atom stereocenters. The lowest BCUT2D eigenvalue weighted by molar-refractivity contribution is 0.102. The van der Waals surface area contributed by atoms with Crippen LogP contribution in [0.15, 0.2) is 89.8 Å². The number of hydrogen-bond acceptors (Lipinski definition) is 4. The fraction of sp³-hybridized carbons (Fsp3) is 0.0800. The minimum Gasteiger partial charge on any atom is -0.492 e. The first-order chi connectivity index (χ1) is 15.9. The van der Waals surface area contributed by atoms with Crippen LogP contribution in [0.2, 0.25) is 5.02 Å². The average Bonchev–Trinajstić information content (AvgIpc) is 2.80. The Balaban J connectivity index is 1.68. The summed E-state index contributed by atoms with van der Waals surface area (Å²) < 4.78 is 34.6. The number of hydrogen-bond donors (Lipinski definition) is 2. The summed E-state index contributed by atoms with van der Waals surface area (Å²) in [5.74, 6) is -0.0768. The fourth-order valence-corrected chi connectivity index (χ4v) is 4.69. The average molecular weight is 481 g/mol. The molecule has 0 saturated heterocycles. The Bertz CT molecular complexity index is 1430. The molecule has 0 aliphatic rings. The molecular weight excluding hydrogens is 460 g/mol. The quantitative estimate of drug-likeness (QED) is 0.342. The highest BCUT2D eigenvalue weighted by atomic mass is 35.5. The molecular formula is C25H21ClN2O4S. The van der Waals surface area contributed by atoms with E-state index < -0.39 is 15.9 Å². The number of carbonyl (C=O) groups is 1. The normalized spacial score (nSPS) is 11.2. The lowest BCUT2D eigenvalue weighted by Gasteiger charge is -2.15. The van der Waals surface area contributed by atoms with Gasteiger partial charge < -0.3 is 10.1 Å². The van der Waals surface area contributed by atoms with Crippen molar-refractivity contribution in [3.63, 3.8) is 0 Å². The van der Waals surface area contributed by atoms with Crippen LogP contribution in [0.5, 0.6) is 5.75 Å². The first-order valence-electron chi connectivity index (χ1n) is 10.2. The van der Waals surface area contributed by atoms with E-state index in [1.807, 2.05) is 30.3 Å². The molecule has 6 nitrogen and oxygen atoms in total. The van der Waals surface area contributed by atoms with E-state index in [0.717, 1.165) is 10.8 Å². The van der Waals surface area contributed by atoms with Crippen molar-refractivity contribution in [1.82, 2.24) is 0 Å². The topological polar surface area (TPSA) is 84.5 Å². The maximum atomic E-state index is 13.2. The van der Waals surface area contributed by atoms with E-state index in [9.17, 15) is 13.2 Å². The molecule has 0 aliphatic carbocycles. The molecule has 0 bridgehead atoms. The van der Waals surface area contributed by atoms with Crippen LogP contribution in [-0.2, 0) is 10.0 Å². The summed E-state index contributed by atoms with van der Waals surface area (Å²) in [5, 5.41) is 4.85. The molecule has 168 valence electrons. The molecule has 4 aromatic rings. The molecule has 33 heavy (non-hydrogen) atoms. The molecule has 1 amide bonds. The van der Waals surface area contributed by atoms with Gasteiger partial charge in [0.1, 0.15) is 5.75 Å². The summed E-state index contributed by atoms with van der Waals surface area (Å²) in [5.41, 5.74) is 1.04. The van der Waals surface area contributed by atoms with Crippen LogP contribution in [0.3, 0.4) is 0 Å². The molecule has 0 spiro atoms. The van der Waals surface area contributed by atoms with Crippen LogP contribution in [0.4, 0.5) is 11.4 Å². The molecule has 0 aliphatic heterocycles. The minimum atomic E-state index is -3.94. The third kappa shape index (κ3) is 5.10. The van der Waals surface area contributed by atoms with Crippen LogP contribution < -0.4 is 14.8 Å². The van der Waals surface area contributed by atoms with Crippen LogP contribution in [0, 0.1) is 0 Å². The Morgan fingerprint density at radius 2 is 1.67 bits per heavy atom. The molecule has 4 rings (SSSR count). The van der Waals surface area contributed by atoms with Gasteiger partial charge in [-0.25, -0.2) is 8.42 Å². The Labute approximate surface area is 197 Å². The second kappa shape index (κ2) is 9.52. The van der Waals surface area contributed by atoms with Crippen molar-refractivity contribution in [2.75, 3.05) is 16.6 Å². The van der Waals surface area contributed by atoms with E-state index in [1.54, 1.807) is 37.3 Å². The molecule has 2 N–H and O–H groups in total. The summed E-state index contributed by atoms with van der Waals surface area (Å²) in [7, 11) is -3.94. The van der Waals surface area contributed by atoms with Gasteiger partial charge in [-0.1, -0.05) is 54.1 Å². The third-order valence-electron chi connectivity index (χ3n) is 4.93. The number of nitrogens with one attached hydrogen (secondary N) is 2. The summed E-state index contributed by atoms with van der Waals surface area (Å²) in [4.78, 5) is 12.7. The van der Waals surface area contributed by atoms with E-state index in [1.165, 1.54) is 24.3 Å². The lowest BCUT2D eigenvalue weighted by Crippen LogP contribution is -2.16. The van der Waals surface area contributed by atoms with Gasteiger partial charge in [0.05, 0.1) is 22.9 Å². The smallest absolute Gasteiger partial charge is 0.261 e. The first kappa shape index (κ1) is 22.6. The van der Waals surface area contributed by atoms with Gasteiger partial charge in [0.25, 0.3) is 15.9 Å². The SMILES string of the molecule is CCOc1ccc(S(=O)(=O)Nc2cccc3ccccc23)cc1NC(=O)c1cccc(Cl)c1. The number of halogens is 1. The molecule has 0 unspecified atom stereocenters. The van der Waals surface area contributed by atoms with Gasteiger partial charge in [0.2, 0.25) is 0 Å². The minimum absolute atomic E-state index is 0.0136. The highest BCUT2D eigenvalue weighted by Gasteiger charge is 2.19. The zero-order valence-corrected chi connectivity index (χ0v) is 19.3. The molecule has 0 aromatic heterocycles. The van der Waals surface area contributed by atoms with Crippen molar-refractivity contribution in [2.45, 2.75) is 11.8 Å². The Morgan fingerprint density at radius 1 is 0.909 bits per heavy atom. The number of carbonyl (C=O) groups excluding carboxylic acids is 1. The largest absolute Gasteiger partial charge is 0.492 e. The van der Waals surface area contributed by atoms with E-state index >= 15 is 0 Å². The summed E-state index contributed by atoms with van der Waals surface area (Å²) >= 11 is 5.98. The van der Waals surface area contributed by atoms with Gasteiger partial charge >= 0.3 is 0 Å². The Hall–Kier alpha value is -3.55. The molecule has 0 radical (unpaired) electrons. The summed E-state index contributed by atoms with van der Waals surface area (Å²) in [6, 6.07) is 23.7. The molecule has 0 fully saturated rings. The number of ether oxygens (including phenoxy) is 1. The first-order valence-corrected chi connectivity index (χ1v) is 12.1. The summed E-state index contributed by atoms with van der Waals surface area (Å²) in [6.45, 7) is 2.15. The van der Waals surface area contributed by atoms with Gasteiger partial charge in [-0.15, -0.1) is 0 Å². The number of benzene rings is 4. The number of rotatable bonds is 7. The van der Waals surface area contributed by atoms with E-state index in [-0.39, 0.29) is 10.6 Å². The van der Waals surface area contributed by atoms with Crippen LogP contribution >= 0.6 is 11.6 Å². The summed E-state index contributed by atoms with van der Waals surface area (Å²) in [6.07, 6.45) is 0. The highest BCUT2D eigenvalue weighted by Crippen LogP contribution is 2.31. The van der Waals surface area contributed by atoms with Crippen molar-refractivity contribution < 1.29 is 17.9 Å². The third-order valence-corrected chi connectivity index (χ3v) is 6.53. The van der Waals surface area contributed by atoms with Gasteiger partial charge in [-0.3, -0.25) is 9.52 Å². The maximum Gasteiger partial charge on any atom is 0.261 e. The van der Waals surface area contributed by atoms with E-state index in [2.05, 4.69) is 10.0 Å².